The van der Waals surface area contributed by atoms with Crippen LogP contribution in [0.2, 0.25) is 5.15 Å². The number of pyridine rings is 1. The molecule has 2 heterocycles. The van der Waals surface area contributed by atoms with Gasteiger partial charge >= 0.3 is 0 Å². The smallest absolute Gasteiger partial charge is 0.248 e. The predicted octanol–water partition coefficient (Wildman–Crippen LogP) is 2.55. The normalized spacial score (nSPS) is 14.6. The van der Waals surface area contributed by atoms with Crippen molar-refractivity contribution in [1.82, 2.24) is 4.98 Å². The molecule has 3 rings (SSSR count). The van der Waals surface area contributed by atoms with E-state index < -0.39 is 0 Å². The first-order valence-corrected chi connectivity index (χ1v) is 6.58. The van der Waals surface area contributed by atoms with Gasteiger partial charge in [-0.05, 0) is 12.1 Å². The molecular weight excluding hydrogens is 274 g/mol. The van der Waals surface area contributed by atoms with E-state index in [2.05, 4.69) is 9.98 Å². The maximum atomic E-state index is 12.0. The Morgan fingerprint density at radius 2 is 1.90 bits per heavy atom. The number of hydrogen-bond donors (Lipinski definition) is 0. The third kappa shape index (κ3) is 2.18. The second-order valence-electron chi connectivity index (χ2n) is 4.49. The Morgan fingerprint density at radius 1 is 1.15 bits per heavy atom. The van der Waals surface area contributed by atoms with Gasteiger partial charge in [-0.1, -0.05) is 41.9 Å². The van der Waals surface area contributed by atoms with Crippen LogP contribution in [-0.4, -0.2) is 30.2 Å². The highest BCUT2D eigenvalue weighted by molar-refractivity contribution is 6.30. The van der Waals surface area contributed by atoms with Crippen molar-refractivity contribution in [2.75, 3.05) is 18.5 Å². The summed E-state index contributed by atoms with van der Waals surface area (Å²) in [5.41, 5.74) is 2.98. The fourth-order valence-corrected chi connectivity index (χ4v) is 2.31. The van der Waals surface area contributed by atoms with Gasteiger partial charge in [0, 0.05) is 12.6 Å². The Hall–Kier alpha value is -2.20. The zero-order valence-corrected chi connectivity index (χ0v) is 11.6. The van der Waals surface area contributed by atoms with Crippen LogP contribution in [0.4, 0.5) is 5.69 Å². The number of halogens is 1. The average Bonchev–Trinajstić information content (AvgIpc) is 2.58. The van der Waals surface area contributed by atoms with Gasteiger partial charge in [-0.2, -0.15) is 0 Å². The van der Waals surface area contributed by atoms with Gasteiger partial charge in [-0.15, -0.1) is 0 Å². The standard InChI is InChI=1S/C15H12ClN3O/c1-19-11-7-8-12(16)18-15(11)14(17-9-13(19)20)10-5-3-2-4-6-10/h2-8H,9H2,1H3. The van der Waals surface area contributed by atoms with E-state index in [-0.39, 0.29) is 12.5 Å². The van der Waals surface area contributed by atoms with Gasteiger partial charge in [-0.3, -0.25) is 9.79 Å². The van der Waals surface area contributed by atoms with Crippen LogP contribution in [0.25, 0.3) is 0 Å². The number of carbonyl (C=O) groups is 1. The maximum Gasteiger partial charge on any atom is 0.248 e. The number of benzene rings is 1. The molecule has 0 bridgehead atoms. The highest BCUT2D eigenvalue weighted by Gasteiger charge is 2.23. The molecule has 1 aliphatic rings. The molecule has 4 nitrogen and oxygen atoms in total. The van der Waals surface area contributed by atoms with Crippen LogP contribution in [0.15, 0.2) is 47.5 Å². The SMILES string of the molecule is CN1C(=O)CN=C(c2ccccc2)c2nc(Cl)ccc21. The largest absolute Gasteiger partial charge is 0.312 e. The number of aromatic nitrogens is 1. The molecule has 20 heavy (non-hydrogen) atoms. The topological polar surface area (TPSA) is 45.6 Å². The van der Waals surface area contributed by atoms with E-state index >= 15 is 0 Å². The number of likely N-dealkylation sites (N-methyl/N-ethyl adjacent to an activating group) is 1. The van der Waals surface area contributed by atoms with Gasteiger partial charge in [0.25, 0.3) is 0 Å². The molecule has 1 aromatic carbocycles. The molecular formula is C15H12ClN3O. The van der Waals surface area contributed by atoms with Gasteiger partial charge < -0.3 is 4.90 Å². The number of nitrogens with zero attached hydrogens (tertiary/aromatic N) is 3. The Balaban J connectivity index is 2.23. The van der Waals surface area contributed by atoms with Crippen molar-refractivity contribution in [3.05, 3.63) is 58.9 Å². The molecule has 0 N–H and O–H groups in total. The van der Waals surface area contributed by atoms with Crippen LogP contribution in [0.1, 0.15) is 11.3 Å². The summed E-state index contributed by atoms with van der Waals surface area (Å²) in [4.78, 5) is 22.3. The molecule has 2 aromatic rings. The van der Waals surface area contributed by atoms with E-state index in [0.29, 0.717) is 16.6 Å². The number of carbonyl (C=O) groups excluding carboxylic acids is 1. The lowest BCUT2D eigenvalue weighted by molar-refractivity contribution is -0.116. The molecule has 1 aliphatic heterocycles. The van der Waals surface area contributed by atoms with Crippen molar-refractivity contribution in [2.24, 2.45) is 4.99 Å². The fourth-order valence-electron chi connectivity index (χ4n) is 2.16. The number of aliphatic imine (C=N–C) groups is 1. The lowest BCUT2D eigenvalue weighted by atomic mass is 10.1. The first kappa shape index (κ1) is 12.8. The zero-order valence-electron chi connectivity index (χ0n) is 10.9. The van der Waals surface area contributed by atoms with Gasteiger partial charge in [0.2, 0.25) is 5.91 Å². The third-order valence-corrected chi connectivity index (χ3v) is 3.43. The van der Waals surface area contributed by atoms with E-state index in [9.17, 15) is 4.79 Å². The lowest BCUT2D eigenvalue weighted by Gasteiger charge is -2.17. The predicted molar refractivity (Wildman–Crippen MR) is 79.6 cm³/mol. The molecule has 1 amide bonds. The second-order valence-corrected chi connectivity index (χ2v) is 4.87. The summed E-state index contributed by atoms with van der Waals surface area (Å²) < 4.78 is 0. The minimum absolute atomic E-state index is 0.0682. The summed E-state index contributed by atoms with van der Waals surface area (Å²) in [6.07, 6.45) is 0. The summed E-state index contributed by atoms with van der Waals surface area (Å²) in [5.74, 6) is -0.0682. The van der Waals surface area contributed by atoms with Gasteiger partial charge in [0.1, 0.15) is 17.4 Å². The summed E-state index contributed by atoms with van der Waals surface area (Å²) in [6.45, 7) is 0.106. The molecule has 0 saturated carbocycles. The van der Waals surface area contributed by atoms with E-state index in [1.807, 2.05) is 30.3 Å². The number of amides is 1. The van der Waals surface area contributed by atoms with Crippen LogP contribution in [0.5, 0.6) is 0 Å². The molecule has 5 heteroatoms. The Morgan fingerprint density at radius 3 is 2.65 bits per heavy atom. The van der Waals surface area contributed by atoms with E-state index in [1.54, 1.807) is 24.1 Å². The summed E-state index contributed by atoms with van der Waals surface area (Å²) >= 11 is 6.00. The summed E-state index contributed by atoms with van der Waals surface area (Å²) in [7, 11) is 1.72. The third-order valence-electron chi connectivity index (χ3n) is 3.22. The molecule has 0 atom stereocenters. The number of fused-ring (bicyclic) bond motifs is 1. The van der Waals surface area contributed by atoms with Gasteiger partial charge in [-0.25, -0.2) is 4.98 Å². The first-order valence-electron chi connectivity index (χ1n) is 6.20. The molecule has 0 aliphatic carbocycles. The lowest BCUT2D eigenvalue weighted by Crippen LogP contribution is -2.28. The van der Waals surface area contributed by atoms with Crippen LogP contribution < -0.4 is 4.90 Å². The molecule has 1 aromatic heterocycles. The quantitative estimate of drug-likeness (QED) is 0.756. The van der Waals surface area contributed by atoms with E-state index in [4.69, 9.17) is 11.6 Å². The molecule has 0 saturated heterocycles. The Kier molecular flexibility index (Phi) is 3.24. The Labute approximate surface area is 121 Å². The van der Waals surface area contributed by atoms with Crippen molar-refractivity contribution in [2.45, 2.75) is 0 Å². The molecule has 0 unspecified atom stereocenters. The second kappa shape index (κ2) is 5.06. The van der Waals surface area contributed by atoms with Gasteiger partial charge in [0.05, 0.1) is 11.4 Å². The molecule has 0 fully saturated rings. The molecule has 100 valence electrons. The Bertz CT molecular complexity index is 698. The highest BCUT2D eigenvalue weighted by atomic mass is 35.5. The van der Waals surface area contributed by atoms with Crippen molar-refractivity contribution in [3.8, 4) is 0 Å². The first-order chi connectivity index (χ1) is 9.66. The van der Waals surface area contributed by atoms with Crippen molar-refractivity contribution in [3.63, 3.8) is 0 Å². The van der Waals surface area contributed by atoms with Crippen molar-refractivity contribution in [1.29, 1.82) is 0 Å². The van der Waals surface area contributed by atoms with E-state index in [1.165, 1.54) is 0 Å². The monoisotopic (exact) mass is 285 g/mol. The minimum Gasteiger partial charge on any atom is -0.312 e. The maximum absolute atomic E-state index is 12.0. The van der Waals surface area contributed by atoms with Crippen LogP contribution in [0.3, 0.4) is 0 Å². The fraction of sp³-hybridized carbons (Fsp3) is 0.133. The average molecular weight is 286 g/mol. The summed E-state index contributed by atoms with van der Waals surface area (Å²) in [6, 6.07) is 13.2. The minimum atomic E-state index is -0.0682. The van der Waals surface area contributed by atoms with Crippen LogP contribution in [-0.2, 0) is 4.79 Å². The number of hydrogen-bond acceptors (Lipinski definition) is 3. The number of anilines is 1. The van der Waals surface area contributed by atoms with Crippen molar-refractivity contribution >= 4 is 28.9 Å². The zero-order chi connectivity index (χ0) is 14.1. The van der Waals surface area contributed by atoms with E-state index in [0.717, 1.165) is 11.3 Å². The van der Waals surface area contributed by atoms with Crippen LogP contribution >= 0.6 is 11.6 Å². The molecule has 0 radical (unpaired) electrons. The highest BCUT2D eigenvalue weighted by Crippen LogP contribution is 2.25. The van der Waals surface area contributed by atoms with Gasteiger partial charge in [0.15, 0.2) is 0 Å². The summed E-state index contributed by atoms with van der Waals surface area (Å²) in [5, 5.41) is 0.384. The molecule has 0 spiro atoms. The number of rotatable bonds is 1. The van der Waals surface area contributed by atoms with Crippen LogP contribution in [0, 0.1) is 0 Å². The van der Waals surface area contributed by atoms with Crippen molar-refractivity contribution < 1.29 is 4.79 Å².